The van der Waals surface area contributed by atoms with Crippen LogP contribution in [-0.4, -0.2) is 10.4 Å². The number of nitrogens with zero attached hydrogens (tertiary/aromatic N) is 1. The third kappa shape index (κ3) is 2.88. The van der Waals surface area contributed by atoms with Gasteiger partial charge in [-0.3, -0.25) is 4.79 Å². The molecule has 3 aromatic rings. The number of hydrogen-bond acceptors (Lipinski definition) is 1. The number of Topliss-reactive ketones (excluding diaryl/α,β-unsaturated/α-hetero) is 1. The molecule has 0 radical (unpaired) electrons. The molecule has 0 aliphatic carbocycles. The normalized spacial score (nSPS) is 10.1. The summed E-state index contributed by atoms with van der Waals surface area (Å²) in [6.45, 7) is 0. The van der Waals surface area contributed by atoms with Crippen LogP contribution in [0.25, 0.3) is 10.9 Å². The Morgan fingerprint density at radius 1 is 1.05 bits per heavy atom. The fraction of sp³-hybridized carbons (Fsp3) is 0.105. The highest BCUT2D eigenvalue weighted by Crippen LogP contribution is 2.20. The Balaban J connectivity index is 1.83. The molecule has 0 spiro atoms. The quantitative estimate of drug-likeness (QED) is 0.656. The van der Waals surface area contributed by atoms with Gasteiger partial charge in [-0.05, 0) is 29.7 Å². The predicted octanol–water partition coefficient (Wildman–Crippen LogP) is 3.34. The number of para-hydroxylation sites is 1. The summed E-state index contributed by atoms with van der Waals surface area (Å²) in [5.74, 6) is 5.58. The van der Waals surface area contributed by atoms with Crippen molar-refractivity contribution in [3.8, 4) is 11.8 Å². The number of fused-ring (bicyclic) bond motifs is 1. The van der Waals surface area contributed by atoms with E-state index in [1.165, 1.54) is 0 Å². The molecular formula is C19H15NO. The van der Waals surface area contributed by atoms with Gasteiger partial charge in [-0.1, -0.05) is 42.3 Å². The Labute approximate surface area is 124 Å². The van der Waals surface area contributed by atoms with Crippen LogP contribution in [0, 0.1) is 11.8 Å². The summed E-state index contributed by atoms with van der Waals surface area (Å²) in [4.78, 5) is 12.1. The molecule has 0 aliphatic rings. The highest BCUT2D eigenvalue weighted by Gasteiger charge is 2.08. The van der Waals surface area contributed by atoms with Gasteiger partial charge in [-0.2, -0.15) is 0 Å². The molecule has 0 bridgehead atoms. The maximum atomic E-state index is 12.1. The van der Waals surface area contributed by atoms with Gasteiger partial charge in [0, 0.05) is 36.1 Å². The number of aromatic nitrogens is 1. The smallest absolute Gasteiger partial charge is 0.210 e. The number of aryl methyl sites for hydroxylation is 1. The van der Waals surface area contributed by atoms with E-state index in [0.29, 0.717) is 6.42 Å². The van der Waals surface area contributed by atoms with Crippen LogP contribution in [0.1, 0.15) is 11.1 Å². The molecule has 0 amide bonds. The number of ketones is 1. The van der Waals surface area contributed by atoms with Gasteiger partial charge in [0.15, 0.2) is 0 Å². The van der Waals surface area contributed by atoms with E-state index in [1.54, 1.807) is 0 Å². The molecule has 1 aromatic heterocycles. The lowest BCUT2D eigenvalue weighted by Gasteiger charge is -1.94. The monoisotopic (exact) mass is 273 g/mol. The fourth-order valence-corrected chi connectivity index (χ4v) is 2.45. The third-order valence-corrected chi connectivity index (χ3v) is 3.45. The third-order valence-electron chi connectivity index (χ3n) is 3.45. The zero-order valence-corrected chi connectivity index (χ0v) is 11.8. The average molecular weight is 273 g/mol. The Hall–Kier alpha value is -2.79. The van der Waals surface area contributed by atoms with Gasteiger partial charge in [0.05, 0.1) is 0 Å². The highest BCUT2D eigenvalue weighted by atomic mass is 16.1. The predicted molar refractivity (Wildman–Crippen MR) is 85.0 cm³/mol. The molecule has 0 atom stereocenters. The topological polar surface area (TPSA) is 22.0 Å². The van der Waals surface area contributed by atoms with Crippen molar-refractivity contribution in [2.75, 3.05) is 0 Å². The van der Waals surface area contributed by atoms with Gasteiger partial charge in [-0.25, -0.2) is 0 Å². The molecule has 2 aromatic carbocycles. The van der Waals surface area contributed by atoms with Crippen molar-refractivity contribution in [1.29, 1.82) is 0 Å². The molecule has 102 valence electrons. The van der Waals surface area contributed by atoms with E-state index in [2.05, 4.69) is 17.9 Å². The largest absolute Gasteiger partial charge is 0.350 e. The van der Waals surface area contributed by atoms with Crippen molar-refractivity contribution in [3.63, 3.8) is 0 Å². The molecule has 0 aliphatic heterocycles. The standard InChI is InChI=1S/C19H15NO/c1-20-14-16(18-9-5-6-10-19(18)20)13-17(21)12-11-15-7-3-2-4-8-15/h2-10,14H,13H2,1H3. The molecule has 2 nitrogen and oxygen atoms in total. The second-order valence-corrected chi connectivity index (χ2v) is 5.00. The Morgan fingerprint density at radius 3 is 2.57 bits per heavy atom. The summed E-state index contributed by atoms with van der Waals surface area (Å²) < 4.78 is 2.04. The first-order chi connectivity index (χ1) is 10.2. The van der Waals surface area contributed by atoms with Crippen molar-refractivity contribution in [2.45, 2.75) is 6.42 Å². The Morgan fingerprint density at radius 2 is 1.76 bits per heavy atom. The van der Waals surface area contributed by atoms with Gasteiger partial charge in [0.25, 0.3) is 0 Å². The zero-order valence-electron chi connectivity index (χ0n) is 11.8. The molecule has 21 heavy (non-hydrogen) atoms. The van der Waals surface area contributed by atoms with Crippen LogP contribution in [0.3, 0.4) is 0 Å². The zero-order chi connectivity index (χ0) is 14.7. The van der Waals surface area contributed by atoms with Gasteiger partial charge < -0.3 is 4.57 Å². The summed E-state index contributed by atoms with van der Waals surface area (Å²) in [5.41, 5.74) is 3.03. The Bertz CT molecular complexity index is 847. The van der Waals surface area contributed by atoms with E-state index >= 15 is 0 Å². The van der Waals surface area contributed by atoms with Gasteiger partial charge in [0.2, 0.25) is 5.78 Å². The molecule has 0 unspecified atom stereocenters. The number of carbonyl (C=O) groups excluding carboxylic acids is 1. The van der Waals surface area contributed by atoms with Crippen molar-refractivity contribution in [3.05, 3.63) is 71.9 Å². The molecular weight excluding hydrogens is 258 g/mol. The van der Waals surface area contributed by atoms with E-state index in [0.717, 1.165) is 22.0 Å². The van der Waals surface area contributed by atoms with Crippen molar-refractivity contribution < 1.29 is 4.79 Å². The van der Waals surface area contributed by atoms with Crippen LogP contribution in [-0.2, 0) is 18.3 Å². The maximum absolute atomic E-state index is 12.1. The molecule has 0 saturated heterocycles. The van der Waals surface area contributed by atoms with Crippen LogP contribution in [0.15, 0.2) is 60.8 Å². The second-order valence-electron chi connectivity index (χ2n) is 5.00. The first kappa shape index (κ1) is 13.2. The second kappa shape index (κ2) is 5.68. The lowest BCUT2D eigenvalue weighted by Crippen LogP contribution is -1.98. The molecule has 0 N–H and O–H groups in total. The lowest BCUT2D eigenvalue weighted by atomic mass is 10.1. The van der Waals surface area contributed by atoms with Gasteiger partial charge in [-0.15, -0.1) is 0 Å². The van der Waals surface area contributed by atoms with Crippen molar-refractivity contribution in [2.24, 2.45) is 7.05 Å². The average Bonchev–Trinajstić information content (AvgIpc) is 2.83. The molecule has 0 fully saturated rings. The van der Waals surface area contributed by atoms with Crippen LogP contribution in [0.5, 0.6) is 0 Å². The van der Waals surface area contributed by atoms with Crippen LogP contribution < -0.4 is 0 Å². The maximum Gasteiger partial charge on any atom is 0.210 e. The minimum absolute atomic E-state index is 0.0600. The van der Waals surface area contributed by atoms with Crippen LogP contribution in [0.2, 0.25) is 0 Å². The van der Waals surface area contributed by atoms with E-state index in [-0.39, 0.29) is 5.78 Å². The summed E-state index contributed by atoms with van der Waals surface area (Å²) in [6.07, 6.45) is 2.36. The number of benzene rings is 2. The van der Waals surface area contributed by atoms with Crippen LogP contribution >= 0.6 is 0 Å². The van der Waals surface area contributed by atoms with Gasteiger partial charge in [0.1, 0.15) is 0 Å². The summed E-state index contributed by atoms with van der Waals surface area (Å²) >= 11 is 0. The first-order valence-electron chi connectivity index (χ1n) is 6.87. The molecule has 2 heteroatoms. The number of carbonyl (C=O) groups is 1. The SMILES string of the molecule is Cn1cc(CC(=O)C#Cc2ccccc2)c2ccccc21. The molecule has 3 rings (SSSR count). The van der Waals surface area contributed by atoms with E-state index < -0.39 is 0 Å². The first-order valence-corrected chi connectivity index (χ1v) is 6.87. The van der Waals surface area contributed by atoms with Crippen molar-refractivity contribution >= 4 is 16.7 Å². The lowest BCUT2D eigenvalue weighted by molar-refractivity contribution is -0.113. The van der Waals surface area contributed by atoms with Gasteiger partial charge >= 0.3 is 0 Å². The summed E-state index contributed by atoms with van der Waals surface area (Å²) in [7, 11) is 1.99. The Kier molecular flexibility index (Phi) is 3.57. The molecule has 0 saturated carbocycles. The van der Waals surface area contributed by atoms with E-state index in [1.807, 2.05) is 66.3 Å². The fourth-order valence-electron chi connectivity index (χ4n) is 2.45. The minimum Gasteiger partial charge on any atom is -0.350 e. The summed E-state index contributed by atoms with van der Waals surface area (Å²) in [5, 5.41) is 1.12. The number of hydrogen-bond donors (Lipinski definition) is 0. The molecule has 1 heterocycles. The van der Waals surface area contributed by atoms with Crippen molar-refractivity contribution in [1.82, 2.24) is 4.57 Å². The highest BCUT2D eigenvalue weighted by molar-refractivity contribution is 6.00. The van der Waals surface area contributed by atoms with Crippen LogP contribution in [0.4, 0.5) is 0 Å². The summed E-state index contributed by atoms with van der Waals surface area (Å²) in [6, 6.07) is 17.7. The van der Waals surface area contributed by atoms with E-state index in [9.17, 15) is 4.79 Å². The minimum atomic E-state index is -0.0600. The number of rotatable bonds is 2. The van der Waals surface area contributed by atoms with E-state index in [4.69, 9.17) is 0 Å².